The van der Waals surface area contributed by atoms with E-state index in [0.717, 1.165) is 14.2 Å². The SMILES string of the molecule is COC(=O)[C@]1(C#N)C(C)(C)[C@@]1(C#N)C(=O)OC. The Balaban J connectivity index is 3.49. The Labute approximate surface area is 98.7 Å². The standard InChI is InChI=1S/C11H12N2O4/c1-9(2)10(5-12,7(14)16-3)11(9,6-13)8(15)17-4/h1-4H3/t10-,11-/m1/s1. The minimum Gasteiger partial charge on any atom is -0.468 e. The van der Waals surface area contributed by atoms with Crippen LogP contribution in [0.5, 0.6) is 0 Å². The first-order chi connectivity index (χ1) is 7.83. The minimum atomic E-state index is -1.81. The van der Waals surface area contributed by atoms with Crippen molar-refractivity contribution in [3.8, 4) is 12.1 Å². The summed E-state index contributed by atoms with van der Waals surface area (Å²) < 4.78 is 9.07. The highest BCUT2D eigenvalue weighted by Gasteiger charge is 2.93. The molecule has 90 valence electrons. The Morgan fingerprint density at radius 3 is 1.41 bits per heavy atom. The van der Waals surface area contributed by atoms with Gasteiger partial charge in [0.25, 0.3) is 0 Å². The zero-order chi connectivity index (χ0) is 13.5. The highest BCUT2D eigenvalue weighted by Crippen LogP contribution is 2.78. The number of hydrogen-bond acceptors (Lipinski definition) is 6. The maximum Gasteiger partial charge on any atom is 0.329 e. The second-order valence-corrected chi connectivity index (χ2v) is 4.33. The summed E-state index contributed by atoms with van der Waals surface area (Å²) >= 11 is 0. The van der Waals surface area contributed by atoms with E-state index in [1.54, 1.807) is 12.1 Å². The highest BCUT2D eigenvalue weighted by molar-refractivity contribution is 6.02. The van der Waals surface area contributed by atoms with Crippen LogP contribution in [-0.4, -0.2) is 26.2 Å². The molecule has 0 aliphatic heterocycles. The second kappa shape index (κ2) is 3.46. The number of ether oxygens (including phenoxy) is 2. The molecule has 1 fully saturated rings. The number of esters is 2. The van der Waals surface area contributed by atoms with Crippen molar-refractivity contribution in [3.05, 3.63) is 0 Å². The first-order valence-corrected chi connectivity index (χ1v) is 4.83. The van der Waals surface area contributed by atoms with Gasteiger partial charge in [0.15, 0.2) is 10.8 Å². The quantitative estimate of drug-likeness (QED) is 0.643. The Morgan fingerprint density at radius 1 is 0.941 bits per heavy atom. The summed E-state index contributed by atoms with van der Waals surface area (Å²) in [6, 6.07) is 3.51. The van der Waals surface area contributed by atoms with E-state index in [2.05, 4.69) is 9.47 Å². The molecule has 0 amide bonds. The number of carbonyl (C=O) groups excluding carboxylic acids is 2. The molecule has 0 radical (unpaired) electrons. The van der Waals surface area contributed by atoms with E-state index < -0.39 is 28.2 Å². The molecule has 0 aromatic rings. The van der Waals surface area contributed by atoms with Crippen molar-refractivity contribution in [1.82, 2.24) is 0 Å². The lowest BCUT2D eigenvalue weighted by atomic mass is 9.95. The predicted octanol–water partition coefficient (Wildman–Crippen LogP) is 0.392. The number of nitrogens with zero attached hydrogens (tertiary/aromatic N) is 2. The van der Waals surface area contributed by atoms with Crippen LogP contribution in [0.1, 0.15) is 13.8 Å². The molecule has 0 aromatic carbocycles. The molecule has 1 aliphatic rings. The van der Waals surface area contributed by atoms with E-state index in [-0.39, 0.29) is 0 Å². The highest BCUT2D eigenvalue weighted by atomic mass is 16.5. The van der Waals surface area contributed by atoms with Crippen LogP contribution in [-0.2, 0) is 19.1 Å². The molecule has 0 bridgehead atoms. The molecule has 1 rings (SSSR count). The van der Waals surface area contributed by atoms with E-state index in [4.69, 9.17) is 0 Å². The third-order valence-corrected chi connectivity index (χ3v) is 3.69. The molecule has 0 saturated heterocycles. The average Bonchev–Trinajstić information content (AvgIpc) is 2.78. The van der Waals surface area contributed by atoms with Gasteiger partial charge in [-0.25, -0.2) is 0 Å². The van der Waals surface area contributed by atoms with Gasteiger partial charge < -0.3 is 9.47 Å². The molecule has 0 N–H and O–H groups in total. The molecular formula is C11H12N2O4. The van der Waals surface area contributed by atoms with Gasteiger partial charge in [-0.05, 0) is 0 Å². The van der Waals surface area contributed by atoms with Crippen molar-refractivity contribution in [2.24, 2.45) is 16.2 Å². The van der Waals surface area contributed by atoms with E-state index >= 15 is 0 Å². The molecule has 6 heteroatoms. The molecule has 0 aromatic heterocycles. The Bertz CT molecular complexity index is 429. The van der Waals surface area contributed by atoms with Gasteiger partial charge in [0.2, 0.25) is 0 Å². The summed E-state index contributed by atoms with van der Waals surface area (Å²) in [6.45, 7) is 2.99. The van der Waals surface area contributed by atoms with Crippen molar-refractivity contribution in [2.45, 2.75) is 13.8 Å². The zero-order valence-electron chi connectivity index (χ0n) is 10.0. The van der Waals surface area contributed by atoms with Gasteiger partial charge in [-0.15, -0.1) is 0 Å². The largest absolute Gasteiger partial charge is 0.468 e. The smallest absolute Gasteiger partial charge is 0.329 e. The number of rotatable bonds is 2. The molecule has 6 nitrogen and oxygen atoms in total. The van der Waals surface area contributed by atoms with Gasteiger partial charge in [-0.2, -0.15) is 10.5 Å². The summed E-state index contributed by atoms with van der Waals surface area (Å²) in [5, 5.41) is 18.4. The molecule has 1 aliphatic carbocycles. The van der Waals surface area contributed by atoms with E-state index in [1.165, 1.54) is 13.8 Å². The topological polar surface area (TPSA) is 100 Å². The number of nitriles is 2. The molecule has 17 heavy (non-hydrogen) atoms. The normalized spacial score (nSPS) is 32.8. The summed E-state index contributed by atoms with van der Waals surface area (Å²) in [5.41, 5.74) is -4.77. The van der Waals surface area contributed by atoms with Crippen LogP contribution in [0.2, 0.25) is 0 Å². The molecule has 0 spiro atoms. The molecule has 0 heterocycles. The fourth-order valence-corrected chi connectivity index (χ4v) is 2.54. The summed E-state index contributed by atoms with van der Waals surface area (Å²) in [5.74, 6) is -1.78. The predicted molar refractivity (Wildman–Crippen MR) is 53.9 cm³/mol. The fraction of sp³-hybridized carbons (Fsp3) is 0.636. The summed E-state index contributed by atoms with van der Waals surface area (Å²) in [7, 11) is 2.21. The van der Waals surface area contributed by atoms with Crippen LogP contribution < -0.4 is 0 Å². The van der Waals surface area contributed by atoms with Crippen molar-refractivity contribution in [2.75, 3.05) is 14.2 Å². The van der Waals surface area contributed by atoms with Crippen LogP contribution in [0.15, 0.2) is 0 Å². The average molecular weight is 236 g/mol. The summed E-state index contributed by atoms with van der Waals surface area (Å²) in [4.78, 5) is 23.5. The van der Waals surface area contributed by atoms with E-state index in [9.17, 15) is 20.1 Å². The fourth-order valence-electron chi connectivity index (χ4n) is 2.54. The Hall–Kier alpha value is -2.08. The number of methoxy groups -OCH3 is 2. The maximum atomic E-state index is 11.7. The van der Waals surface area contributed by atoms with E-state index in [1.807, 2.05) is 0 Å². The lowest BCUT2D eigenvalue weighted by molar-refractivity contribution is -0.153. The second-order valence-electron chi connectivity index (χ2n) is 4.33. The first-order valence-electron chi connectivity index (χ1n) is 4.83. The van der Waals surface area contributed by atoms with Crippen LogP contribution in [0.4, 0.5) is 0 Å². The Kier molecular flexibility index (Phi) is 2.64. The summed E-state index contributed by atoms with van der Waals surface area (Å²) in [6.07, 6.45) is 0. The van der Waals surface area contributed by atoms with Crippen LogP contribution in [0.25, 0.3) is 0 Å². The first kappa shape index (κ1) is 13.0. The van der Waals surface area contributed by atoms with Crippen molar-refractivity contribution in [3.63, 3.8) is 0 Å². The van der Waals surface area contributed by atoms with Crippen LogP contribution in [0, 0.1) is 38.9 Å². The minimum absolute atomic E-state index is 0.892. The van der Waals surface area contributed by atoms with Gasteiger partial charge in [0.1, 0.15) is 0 Å². The van der Waals surface area contributed by atoms with Gasteiger partial charge in [-0.1, -0.05) is 13.8 Å². The zero-order valence-corrected chi connectivity index (χ0v) is 10.0. The maximum absolute atomic E-state index is 11.7. The number of hydrogen-bond donors (Lipinski definition) is 0. The lowest BCUT2D eigenvalue weighted by Crippen LogP contribution is -2.29. The van der Waals surface area contributed by atoms with Gasteiger partial charge in [-0.3, -0.25) is 9.59 Å². The lowest BCUT2D eigenvalue weighted by Gasteiger charge is -2.09. The molecular weight excluding hydrogens is 224 g/mol. The van der Waals surface area contributed by atoms with Crippen molar-refractivity contribution >= 4 is 11.9 Å². The van der Waals surface area contributed by atoms with Crippen molar-refractivity contribution < 1.29 is 19.1 Å². The van der Waals surface area contributed by atoms with E-state index in [0.29, 0.717) is 0 Å². The van der Waals surface area contributed by atoms with Gasteiger partial charge in [0, 0.05) is 5.41 Å². The van der Waals surface area contributed by atoms with Crippen LogP contribution in [0.3, 0.4) is 0 Å². The molecule has 1 saturated carbocycles. The van der Waals surface area contributed by atoms with Crippen LogP contribution >= 0.6 is 0 Å². The van der Waals surface area contributed by atoms with Crippen molar-refractivity contribution in [1.29, 1.82) is 10.5 Å². The molecule has 2 atom stereocenters. The Morgan fingerprint density at radius 2 is 1.24 bits per heavy atom. The monoisotopic (exact) mass is 236 g/mol. The third kappa shape index (κ3) is 0.980. The third-order valence-electron chi connectivity index (χ3n) is 3.69. The van der Waals surface area contributed by atoms with Gasteiger partial charge in [0.05, 0.1) is 26.4 Å². The number of carbonyl (C=O) groups is 2. The van der Waals surface area contributed by atoms with Gasteiger partial charge >= 0.3 is 11.9 Å². The molecule has 0 unspecified atom stereocenters.